The van der Waals surface area contributed by atoms with Gasteiger partial charge >= 0.3 is 0 Å². The van der Waals surface area contributed by atoms with Gasteiger partial charge < -0.3 is 5.11 Å². The molecule has 0 saturated heterocycles. The number of rotatable bonds is 0. The lowest BCUT2D eigenvalue weighted by atomic mass is 9.87. The summed E-state index contributed by atoms with van der Waals surface area (Å²) in [5.74, 6) is 0.0917. The molecule has 0 spiro atoms. The lowest BCUT2D eigenvalue weighted by Gasteiger charge is -2.16. The summed E-state index contributed by atoms with van der Waals surface area (Å²) in [6.07, 6.45) is 6.87. The third-order valence-corrected chi connectivity index (χ3v) is 1.99. The number of ketones is 1. The average Bonchev–Trinajstić information content (AvgIpc) is 2.07. The second kappa shape index (κ2) is 2.09. The fraction of sp³-hybridized carbons (Fsp3) is 0.222. The Morgan fingerprint density at radius 2 is 2.27 bits per heavy atom. The monoisotopic (exact) mass is 148 g/mol. The smallest absolute Gasteiger partial charge is 0.190 e. The van der Waals surface area contributed by atoms with Crippen molar-refractivity contribution in [3.8, 4) is 0 Å². The first-order chi connectivity index (χ1) is 5.29. The van der Waals surface area contributed by atoms with E-state index in [0.29, 0.717) is 5.57 Å². The molecule has 0 aliphatic heterocycles. The maximum absolute atomic E-state index is 10.9. The molecule has 0 atom stereocenters. The molecular formula is C9H8O2. The second-order valence-electron chi connectivity index (χ2n) is 2.74. The number of hydrogen-bond donors (Lipinski definition) is 1. The Hall–Kier alpha value is -1.31. The zero-order valence-corrected chi connectivity index (χ0v) is 6.00. The predicted molar refractivity (Wildman–Crippen MR) is 41.1 cm³/mol. The zero-order chi connectivity index (χ0) is 7.84. The fourth-order valence-corrected chi connectivity index (χ4v) is 1.39. The van der Waals surface area contributed by atoms with Crippen molar-refractivity contribution in [2.75, 3.05) is 0 Å². The number of hydrogen-bond acceptors (Lipinski definition) is 2. The highest BCUT2D eigenvalue weighted by Crippen LogP contribution is 2.31. The van der Waals surface area contributed by atoms with Crippen LogP contribution in [0.4, 0.5) is 0 Å². The molecule has 0 aromatic heterocycles. The van der Waals surface area contributed by atoms with Crippen molar-refractivity contribution < 1.29 is 9.90 Å². The van der Waals surface area contributed by atoms with Crippen molar-refractivity contribution in [2.45, 2.75) is 12.8 Å². The number of allylic oxidation sites excluding steroid dienone is 5. The van der Waals surface area contributed by atoms with Crippen LogP contribution in [0.3, 0.4) is 0 Å². The molecule has 0 bridgehead atoms. The van der Waals surface area contributed by atoms with Crippen LogP contribution in [0, 0.1) is 0 Å². The molecule has 2 aliphatic carbocycles. The molecule has 0 saturated carbocycles. The fourth-order valence-electron chi connectivity index (χ4n) is 1.39. The zero-order valence-electron chi connectivity index (χ0n) is 6.00. The minimum absolute atomic E-state index is 0.0379. The van der Waals surface area contributed by atoms with E-state index in [1.165, 1.54) is 0 Å². The Morgan fingerprint density at radius 3 is 3.00 bits per heavy atom. The third-order valence-electron chi connectivity index (χ3n) is 1.99. The van der Waals surface area contributed by atoms with Crippen LogP contribution < -0.4 is 0 Å². The highest BCUT2D eigenvalue weighted by atomic mass is 16.3. The molecule has 0 aromatic rings. The molecule has 2 nitrogen and oxygen atoms in total. The first-order valence-electron chi connectivity index (χ1n) is 3.64. The van der Waals surface area contributed by atoms with Gasteiger partial charge in [-0.15, -0.1) is 0 Å². The molecule has 0 amide bonds. The standard InChI is InChI=1S/C9H8O2/c10-7-4-2-1-3-6-5-8(11)9(6)7/h2,4-5,10H,1,3H2. The van der Waals surface area contributed by atoms with Crippen molar-refractivity contribution >= 4 is 5.78 Å². The summed E-state index contributed by atoms with van der Waals surface area (Å²) in [5.41, 5.74) is 1.52. The lowest BCUT2D eigenvalue weighted by Crippen LogP contribution is -2.15. The Kier molecular flexibility index (Phi) is 1.22. The number of aliphatic hydroxyl groups excluding tert-OH is 1. The Bertz CT molecular complexity index is 306. The molecule has 0 heterocycles. The SMILES string of the molecule is O=C1C=C2CCC=CC(O)=C12. The van der Waals surface area contributed by atoms with Gasteiger partial charge in [0.05, 0.1) is 5.57 Å². The largest absolute Gasteiger partial charge is 0.507 e. The summed E-state index contributed by atoms with van der Waals surface area (Å²) in [4.78, 5) is 10.9. The maximum Gasteiger partial charge on any atom is 0.190 e. The number of carbonyl (C=O) groups is 1. The Balaban J connectivity index is 2.49. The van der Waals surface area contributed by atoms with E-state index in [4.69, 9.17) is 0 Å². The molecule has 0 unspecified atom stereocenters. The van der Waals surface area contributed by atoms with Crippen molar-refractivity contribution in [1.82, 2.24) is 0 Å². The Labute approximate surface area is 64.5 Å². The third kappa shape index (κ3) is 0.827. The van der Waals surface area contributed by atoms with Gasteiger partial charge in [0, 0.05) is 0 Å². The molecule has 2 rings (SSSR count). The van der Waals surface area contributed by atoms with Gasteiger partial charge in [-0.2, -0.15) is 0 Å². The maximum atomic E-state index is 10.9. The summed E-state index contributed by atoms with van der Waals surface area (Å²) in [5, 5.41) is 9.28. The van der Waals surface area contributed by atoms with Crippen LogP contribution in [0.2, 0.25) is 0 Å². The van der Waals surface area contributed by atoms with Gasteiger partial charge in [0.2, 0.25) is 0 Å². The predicted octanol–water partition coefficient (Wildman–Crippen LogP) is 1.66. The van der Waals surface area contributed by atoms with Crippen molar-refractivity contribution in [3.05, 3.63) is 35.1 Å². The molecule has 0 radical (unpaired) electrons. The van der Waals surface area contributed by atoms with Gasteiger partial charge in [0.25, 0.3) is 0 Å². The first kappa shape index (κ1) is 6.40. The summed E-state index contributed by atoms with van der Waals surface area (Å²) in [6, 6.07) is 0. The highest BCUT2D eigenvalue weighted by molar-refractivity contribution is 6.16. The topological polar surface area (TPSA) is 37.3 Å². The van der Waals surface area contributed by atoms with E-state index < -0.39 is 0 Å². The van der Waals surface area contributed by atoms with E-state index >= 15 is 0 Å². The molecule has 2 heteroatoms. The van der Waals surface area contributed by atoms with Gasteiger partial charge in [-0.05, 0) is 30.6 Å². The average molecular weight is 148 g/mol. The number of aliphatic hydroxyl groups is 1. The van der Waals surface area contributed by atoms with Crippen molar-refractivity contribution in [1.29, 1.82) is 0 Å². The van der Waals surface area contributed by atoms with Crippen LogP contribution in [0.25, 0.3) is 0 Å². The minimum Gasteiger partial charge on any atom is -0.507 e. The molecule has 1 N–H and O–H groups in total. The first-order valence-corrected chi connectivity index (χ1v) is 3.64. The van der Waals surface area contributed by atoms with Crippen LogP contribution in [-0.2, 0) is 4.79 Å². The molecule has 0 aromatic carbocycles. The number of fused-ring (bicyclic) bond motifs is 1. The van der Waals surface area contributed by atoms with E-state index in [1.54, 1.807) is 12.2 Å². The van der Waals surface area contributed by atoms with Gasteiger partial charge in [0.15, 0.2) is 5.78 Å². The van der Waals surface area contributed by atoms with Crippen LogP contribution in [0.5, 0.6) is 0 Å². The van der Waals surface area contributed by atoms with Gasteiger partial charge in [-0.25, -0.2) is 0 Å². The molecule has 56 valence electrons. The van der Waals surface area contributed by atoms with Crippen molar-refractivity contribution in [3.63, 3.8) is 0 Å². The van der Waals surface area contributed by atoms with Gasteiger partial charge in [-0.1, -0.05) is 6.08 Å². The van der Waals surface area contributed by atoms with E-state index in [1.807, 2.05) is 6.08 Å². The molecule has 11 heavy (non-hydrogen) atoms. The lowest BCUT2D eigenvalue weighted by molar-refractivity contribution is -0.112. The van der Waals surface area contributed by atoms with E-state index in [2.05, 4.69) is 0 Å². The summed E-state index contributed by atoms with van der Waals surface area (Å²) in [6.45, 7) is 0. The highest BCUT2D eigenvalue weighted by Gasteiger charge is 2.26. The van der Waals surface area contributed by atoms with E-state index in [-0.39, 0.29) is 11.5 Å². The second-order valence-corrected chi connectivity index (χ2v) is 2.74. The summed E-state index contributed by atoms with van der Waals surface area (Å²) < 4.78 is 0. The van der Waals surface area contributed by atoms with Crippen molar-refractivity contribution in [2.24, 2.45) is 0 Å². The van der Waals surface area contributed by atoms with E-state index in [0.717, 1.165) is 18.4 Å². The molecule has 0 fully saturated rings. The number of carbonyl (C=O) groups excluding carboxylic acids is 1. The molecular weight excluding hydrogens is 140 g/mol. The van der Waals surface area contributed by atoms with Crippen LogP contribution in [0.15, 0.2) is 35.1 Å². The Morgan fingerprint density at radius 1 is 1.45 bits per heavy atom. The van der Waals surface area contributed by atoms with Crippen LogP contribution >= 0.6 is 0 Å². The van der Waals surface area contributed by atoms with Gasteiger partial charge in [0.1, 0.15) is 5.76 Å². The molecule has 2 aliphatic rings. The quantitative estimate of drug-likeness (QED) is 0.567. The summed E-state index contributed by atoms with van der Waals surface area (Å²) >= 11 is 0. The van der Waals surface area contributed by atoms with Gasteiger partial charge in [-0.3, -0.25) is 4.79 Å². The minimum atomic E-state index is -0.0379. The normalized spacial score (nSPS) is 22.2. The summed E-state index contributed by atoms with van der Waals surface area (Å²) in [7, 11) is 0. The van der Waals surface area contributed by atoms with E-state index in [9.17, 15) is 9.90 Å². The van der Waals surface area contributed by atoms with Crippen LogP contribution in [-0.4, -0.2) is 10.9 Å². The van der Waals surface area contributed by atoms with Crippen LogP contribution in [0.1, 0.15) is 12.8 Å².